The van der Waals surface area contributed by atoms with Crippen molar-refractivity contribution in [2.45, 2.75) is 39.2 Å². The molecule has 0 aliphatic heterocycles. The van der Waals surface area contributed by atoms with E-state index in [1.54, 1.807) is 0 Å². The summed E-state index contributed by atoms with van der Waals surface area (Å²) in [6.07, 6.45) is 3.42. The largest absolute Gasteiger partial charge is 0.494 e. The Balaban J connectivity index is 1.85. The van der Waals surface area contributed by atoms with Gasteiger partial charge >= 0.3 is 6.03 Å². The third kappa shape index (κ3) is 4.47. The minimum Gasteiger partial charge on any atom is -0.494 e. The number of hydrogen-bond donors (Lipinski definition) is 2. The van der Waals surface area contributed by atoms with Crippen LogP contribution < -0.4 is 15.4 Å². The van der Waals surface area contributed by atoms with Gasteiger partial charge < -0.3 is 15.4 Å². The second kappa shape index (κ2) is 6.45. The van der Waals surface area contributed by atoms with E-state index < -0.39 is 0 Å². The zero-order valence-electron chi connectivity index (χ0n) is 11.6. The van der Waals surface area contributed by atoms with Crippen LogP contribution in [-0.2, 0) is 0 Å². The molecule has 2 N–H and O–H groups in total. The molecule has 1 aromatic carbocycles. The van der Waals surface area contributed by atoms with Crippen molar-refractivity contribution >= 4 is 11.7 Å². The molecule has 4 nitrogen and oxygen atoms in total. The molecule has 0 heterocycles. The molecule has 1 aliphatic rings. The van der Waals surface area contributed by atoms with E-state index in [2.05, 4.69) is 24.5 Å². The number of benzene rings is 1. The number of amides is 2. The molecule has 0 bridgehead atoms. The van der Waals surface area contributed by atoms with Crippen LogP contribution in [0.25, 0.3) is 0 Å². The summed E-state index contributed by atoms with van der Waals surface area (Å²) < 4.78 is 5.53. The molecule has 0 radical (unpaired) electrons. The van der Waals surface area contributed by atoms with E-state index in [0.29, 0.717) is 12.5 Å². The summed E-state index contributed by atoms with van der Waals surface area (Å²) in [6.45, 7) is 4.81. The van der Waals surface area contributed by atoms with Crippen LogP contribution in [0.1, 0.15) is 33.1 Å². The summed E-state index contributed by atoms with van der Waals surface area (Å²) >= 11 is 0. The van der Waals surface area contributed by atoms with Crippen LogP contribution in [0.5, 0.6) is 5.75 Å². The summed E-state index contributed by atoms with van der Waals surface area (Å²) in [5, 5.41) is 5.80. The van der Waals surface area contributed by atoms with Crippen molar-refractivity contribution in [3.63, 3.8) is 0 Å². The molecule has 2 rings (SSSR count). The molecule has 1 atom stereocenters. The topological polar surface area (TPSA) is 50.4 Å². The Morgan fingerprint density at radius 2 is 2.26 bits per heavy atom. The summed E-state index contributed by atoms with van der Waals surface area (Å²) in [5.41, 5.74) is 0.758. The van der Waals surface area contributed by atoms with Gasteiger partial charge in [-0.15, -0.1) is 0 Å². The summed E-state index contributed by atoms with van der Waals surface area (Å²) in [6, 6.07) is 7.58. The SMILES string of the molecule is CCCOc1cccc(NC(=O)NC(C)C2CC2)c1. The van der Waals surface area contributed by atoms with E-state index in [4.69, 9.17) is 4.74 Å². The third-order valence-electron chi connectivity index (χ3n) is 3.25. The Hall–Kier alpha value is -1.71. The van der Waals surface area contributed by atoms with Gasteiger partial charge in [0.2, 0.25) is 0 Å². The second-order valence-electron chi connectivity index (χ2n) is 5.10. The van der Waals surface area contributed by atoms with Gasteiger partial charge in [0, 0.05) is 17.8 Å². The maximum Gasteiger partial charge on any atom is 0.319 e. The molecule has 19 heavy (non-hydrogen) atoms. The van der Waals surface area contributed by atoms with E-state index in [1.165, 1.54) is 12.8 Å². The highest BCUT2D eigenvalue weighted by atomic mass is 16.5. The number of ether oxygens (including phenoxy) is 1. The maximum atomic E-state index is 11.8. The molecule has 0 saturated heterocycles. The van der Waals surface area contributed by atoms with Gasteiger partial charge in [0.25, 0.3) is 0 Å². The average Bonchev–Trinajstić information content (AvgIpc) is 3.20. The van der Waals surface area contributed by atoms with Gasteiger partial charge in [0.05, 0.1) is 6.61 Å². The highest BCUT2D eigenvalue weighted by Crippen LogP contribution is 2.32. The minimum absolute atomic E-state index is 0.146. The fourth-order valence-corrected chi connectivity index (χ4v) is 1.97. The first-order valence-electron chi connectivity index (χ1n) is 6.99. The summed E-state index contributed by atoms with van der Waals surface area (Å²) in [4.78, 5) is 11.8. The van der Waals surface area contributed by atoms with Crippen molar-refractivity contribution < 1.29 is 9.53 Å². The Bertz CT molecular complexity index is 430. The molecule has 4 heteroatoms. The fourth-order valence-electron chi connectivity index (χ4n) is 1.97. The van der Waals surface area contributed by atoms with Crippen molar-refractivity contribution in [1.29, 1.82) is 0 Å². The van der Waals surface area contributed by atoms with E-state index in [9.17, 15) is 4.79 Å². The van der Waals surface area contributed by atoms with Crippen LogP contribution in [-0.4, -0.2) is 18.7 Å². The second-order valence-corrected chi connectivity index (χ2v) is 5.10. The number of nitrogens with one attached hydrogen (secondary N) is 2. The van der Waals surface area contributed by atoms with E-state index in [1.807, 2.05) is 24.3 Å². The number of rotatable bonds is 6. The van der Waals surface area contributed by atoms with E-state index >= 15 is 0 Å². The zero-order valence-corrected chi connectivity index (χ0v) is 11.6. The lowest BCUT2D eigenvalue weighted by Gasteiger charge is -2.14. The van der Waals surface area contributed by atoms with Crippen LogP contribution in [0.4, 0.5) is 10.5 Å². The molecule has 2 amide bonds. The highest BCUT2D eigenvalue weighted by Gasteiger charge is 2.28. The number of hydrogen-bond acceptors (Lipinski definition) is 2. The van der Waals surface area contributed by atoms with Gasteiger partial charge in [0.15, 0.2) is 0 Å². The number of urea groups is 1. The number of carbonyl (C=O) groups is 1. The van der Waals surface area contributed by atoms with Crippen LogP contribution in [0.15, 0.2) is 24.3 Å². The van der Waals surface area contributed by atoms with Gasteiger partial charge in [-0.1, -0.05) is 13.0 Å². The number of carbonyl (C=O) groups excluding carboxylic acids is 1. The maximum absolute atomic E-state index is 11.8. The van der Waals surface area contributed by atoms with Gasteiger partial charge in [-0.3, -0.25) is 0 Å². The quantitative estimate of drug-likeness (QED) is 0.825. The van der Waals surface area contributed by atoms with Gasteiger partial charge in [-0.25, -0.2) is 4.79 Å². The summed E-state index contributed by atoms with van der Waals surface area (Å²) in [5.74, 6) is 1.44. The average molecular weight is 262 g/mol. The Morgan fingerprint density at radius 1 is 1.47 bits per heavy atom. The normalized spacial score (nSPS) is 15.7. The molecular weight excluding hydrogens is 240 g/mol. The molecule has 1 unspecified atom stereocenters. The molecule has 104 valence electrons. The Kier molecular flexibility index (Phi) is 4.66. The van der Waals surface area contributed by atoms with Crippen LogP contribution in [0, 0.1) is 5.92 Å². The molecule has 0 spiro atoms. The first kappa shape index (κ1) is 13.7. The molecule has 1 fully saturated rings. The van der Waals surface area contributed by atoms with Crippen molar-refractivity contribution in [3.8, 4) is 5.75 Å². The zero-order chi connectivity index (χ0) is 13.7. The van der Waals surface area contributed by atoms with E-state index in [0.717, 1.165) is 17.9 Å². The van der Waals surface area contributed by atoms with Crippen molar-refractivity contribution in [1.82, 2.24) is 5.32 Å². The molecular formula is C15H22N2O2. The lowest BCUT2D eigenvalue weighted by molar-refractivity contribution is 0.248. The smallest absolute Gasteiger partial charge is 0.319 e. The van der Waals surface area contributed by atoms with Gasteiger partial charge in [0.1, 0.15) is 5.75 Å². The molecule has 1 aliphatic carbocycles. The van der Waals surface area contributed by atoms with Crippen molar-refractivity contribution in [3.05, 3.63) is 24.3 Å². The minimum atomic E-state index is -0.146. The predicted molar refractivity (Wildman–Crippen MR) is 76.6 cm³/mol. The highest BCUT2D eigenvalue weighted by molar-refractivity contribution is 5.89. The summed E-state index contributed by atoms with van der Waals surface area (Å²) in [7, 11) is 0. The molecule has 0 aromatic heterocycles. The lowest BCUT2D eigenvalue weighted by Crippen LogP contribution is -2.37. The van der Waals surface area contributed by atoms with Gasteiger partial charge in [-0.2, -0.15) is 0 Å². The van der Waals surface area contributed by atoms with Crippen molar-refractivity contribution in [2.24, 2.45) is 5.92 Å². The molecule has 1 aromatic rings. The van der Waals surface area contributed by atoms with Crippen LogP contribution >= 0.6 is 0 Å². The third-order valence-corrected chi connectivity index (χ3v) is 3.25. The Morgan fingerprint density at radius 3 is 2.95 bits per heavy atom. The van der Waals surface area contributed by atoms with Crippen molar-refractivity contribution in [2.75, 3.05) is 11.9 Å². The van der Waals surface area contributed by atoms with Crippen LogP contribution in [0.2, 0.25) is 0 Å². The predicted octanol–water partition coefficient (Wildman–Crippen LogP) is 3.40. The number of anilines is 1. The fraction of sp³-hybridized carbons (Fsp3) is 0.533. The standard InChI is InChI=1S/C15H22N2O2/c1-3-9-19-14-6-4-5-13(10-14)17-15(18)16-11(2)12-7-8-12/h4-6,10-12H,3,7-9H2,1-2H3,(H2,16,17,18). The lowest BCUT2D eigenvalue weighted by atomic mass is 10.2. The monoisotopic (exact) mass is 262 g/mol. The van der Waals surface area contributed by atoms with Crippen LogP contribution in [0.3, 0.4) is 0 Å². The first-order valence-corrected chi connectivity index (χ1v) is 6.99. The Labute approximate surface area is 114 Å². The van der Waals surface area contributed by atoms with E-state index in [-0.39, 0.29) is 12.1 Å². The van der Waals surface area contributed by atoms with Gasteiger partial charge in [-0.05, 0) is 44.2 Å². The first-order chi connectivity index (χ1) is 9.19. The molecule has 1 saturated carbocycles.